The van der Waals surface area contributed by atoms with Crippen molar-refractivity contribution < 1.29 is 0 Å². The molecule has 0 aliphatic heterocycles. The Morgan fingerprint density at radius 2 is 1.82 bits per heavy atom. The average Bonchev–Trinajstić information content (AvgIpc) is 2.29. The number of allylic oxidation sites excluding steroid dienone is 2. The van der Waals surface area contributed by atoms with E-state index in [-0.39, 0.29) is 0 Å². The maximum atomic E-state index is 6.43. The lowest BCUT2D eigenvalue weighted by atomic mass is 9.80. The molecule has 2 nitrogen and oxygen atoms in total. The lowest BCUT2D eigenvalue weighted by Gasteiger charge is -2.31. The summed E-state index contributed by atoms with van der Waals surface area (Å²) >= 11 is 0. The van der Waals surface area contributed by atoms with Crippen LogP contribution in [0, 0.1) is 5.92 Å². The summed E-state index contributed by atoms with van der Waals surface area (Å²) in [5.74, 6) is 0.451. The molecule has 0 aromatic heterocycles. The molecule has 1 atom stereocenters. The maximum Gasteiger partial charge on any atom is 0.0653 e. The smallest absolute Gasteiger partial charge is 0.0653 e. The largest absolute Gasteiger partial charge is 0.402 e. The number of nitrogens with two attached hydrogens (primary N) is 2. The lowest BCUT2D eigenvalue weighted by molar-refractivity contribution is 0.533. The molecule has 0 radical (unpaired) electrons. The topological polar surface area (TPSA) is 52.0 Å². The summed E-state index contributed by atoms with van der Waals surface area (Å²) in [4.78, 5) is 0. The van der Waals surface area contributed by atoms with Crippen LogP contribution in [0.3, 0.4) is 0 Å². The minimum Gasteiger partial charge on any atom is -0.402 e. The first-order chi connectivity index (χ1) is 8.03. The minimum absolute atomic E-state index is 0.451. The third-order valence-electron chi connectivity index (χ3n) is 3.35. The van der Waals surface area contributed by atoms with Crippen molar-refractivity contribution >= 4 is 0 Å². The van der Waals surface area contributed by atoms with E-state index >= 15 is 0 Å². The van der Waals surface area contributed by atoms with Crippen molar-refractivity contribution in [3.8, 4) is 0 Å². The van der Waals surface area contributed by atoms with Crippen LogP contribution >= 0.6 is 0 Å². The van der Waals surface area contributed by atoms with Crippen LogP contribution in [0.2, 0.25) is 0 Å². The summed E-state index contributed by atoms with van der Waals surface area (Å²) < 4.78 is 0. The first-order valence-electron chi connectivity index (χ1n) is 6.05. The minimum atomic E-state index is -0.455. The lowest BCUT2D eigenvalue weighted by Crippen LogP contribution is -2.38. The molecule has 0 heterocycles. The maximum absolute atomic E-state index is 6.43. The molecule has 90 valence electrons. The highest BCUT2D eigenvalue weighted by atomic mass is 14.8. The van der Waals surface area contributed by atoms with Crippen LogP contribution in [0.4, 0.5) is 0 Å². The Labute approximate surface area is 103 Å². The van der Waals surface area contributed by atoms with E-state index in [0.717, 1.165) is 11.3 Å². The van der Waals surface area contributed by atoms with Gasteiger partial charge in [0.25, 0.3) is 0 Å². The van der Waals surface area contributed by atoms with Crippen LogP contribution in [0.1, 0.15) is 25.8 Å². The van der Waals surface area contributed by atoms with Gasteiger partial charge in [-0.15, -0.1) is 0 Å². The molecule has 1 aromatic carbocycles. The Bertz CT molecular complexity index is 457. The van der Waals surface area contributed by atoms with Crippen molar-refractivity contribution in [1.82, 2.24) is 0 Å². The van der Waals surface area contributed by atoms with Crippen LogP contribution in [0.5, 0.6) is 0 Å². The van der Waals surface area contributed by atoms with Crippen molar-refractivity contribution in [2.75, 3.05) is 0 Å². The molecule has 17 heavy (non-hydrogen) atoms. The van der Waals surface area contributed by atoms with Gasteiger partial charge in [0.1, 0.15) is 0 Å². The first kappa shape index (κ1) is 11.9. The van der Waals surface area contributed by atoms with Gasteiger partial charge in [-0.05, 0) is 17.1 Å². The Kier molecular flexibility index (Phi) is 3.07. The number of hydrogen-bond acceptors (Lipinski definition) is 2. The van der Waals surface area contributed by atoms with Crippen LogP contribution in [0.15, 0.2) is 53.8 Å². The van der Waals surface area contributed by atoms with Crippen LogP contribution < -0.4 is 11.5 Å². The molecule has 0 bridgehead atoms. The van der Waals surface area contributed by atoms with Crippen LogP contribution in [-0.4, -0.2) is 0 Å². The fourth-order valence-corrected chi connectivity index (χ4v) is 2.33. The summed E-state index contributed by atoms with van der Waals surface area (Å²) in [7, 11) is 0. The fourth-order valence-electron chi connectivity index (χ4n) is 2.33. The Balaban J connectivity index is 2.32. The Hall–Kier alpha value is -1.54. The third kappa shape index (κ3) is 2.27. The van der Waals surface area contributed by atoms with Gasteiger partial charge in [-0.25, -0.2) is 0 Å². The van der Waals surface area contributed by atoms with E-state index in [1.165, 1.54) is 5.57 Å². The summed E-state index contributed by atoms with van der Waals surface area (Å²) in [6.07, 6.45) is 4.85. The van der Waals surface area contributed by atoms with E-state index in [0.29, 0.717) is 12.3 Å². The summed E-state index contributed by atoms with van der Waals surface area (Å²) in [5, 5.41) is 0. The van der Waals surface area contributed by atoms with Gasteiger partial charge in [0.05, 0.1) is 5.54 Å². The predicted molar refractivity (Wildman–Crippen MR) is 72.1 cm³/mol. The molecule has 4 N–H and O–H groups in total. The van der Waals surface area contributed by atoms with E-state index in [2.05, 4.69) is 38.1 Å². The quantitative estimate of drug-likeness (QED) is 0.817. The molecule has 0 amide bonds. The average molecular weight is 228 g/mol. The predicted octanol–water partition coefficient (Wildman–Crippen LogP) is 2.67. The summed E-state index contributed by atoms with van der Waals surface area (Å²) in [6, 6.07) is 10.1. The Morgan fingerprint density at radius 3 is 2.35 bits per heavy atom. The molecular formula is C15H20N2. The molecule has 0 saturated heterocycles. The van der Waals surface area contributed by atoms with Gasteiger partial charge >= 0.3 is 0 Å². The van der Waals surface area contributed by atoms with Crippen molar-refractivity contribution in [3.05, 3.63) is 59.3 Å². The van der Waals surface area contributed by atoms with Crippen molar-refractivity contribution in [1.29, 1.82) is 0 Å². The molecular weight excluding hydrogens is 208 g/mol. The van der Waals surface area contributed by atoms with Gasteiger partial charge < -0.3 is 11.5 Å². The molecule has 1 aliphatic carbocycles. The molecule has 0 fully saturated rings. The SMILES string of the molecule is CC(C)C1=C(N)CC(N)(c2ccccc2)C=C1. The standard InChI is InChI=1S/C15H20N2/c1-11(2)13-8-9-15(17,10-14(13)16)12-6-4-3-5-7-12/h3-9,11H,10,16-17H2,1-2H3. The normalized spacial score (nSPS) is 24.5. The second-order valence-electron chi connectivity index (χ2n) is 5.05. The summed E-state index contributed by atoms with van der Waals surface area (Å²) in [5.41, 5.74) is 15.4. The molecule has 2 heteroatoms. The number of benzene rings is 1. The molecule has 1 unspecified atom stereocenters. The molecule has 1 aromatic rings. The fraction of sp³-hybridized carbons (Fsp3) is 0.333. The monoisotopic (exact) mass is 228 g/mol. The van der Waals surface area contributed by atoms with E-state index in [4.69, 9.17) is 11.5 Å². The zero-order chi connectivity index (χ0) is 12.5. The highest BCUT2D eigenvalue weighted by Gasteiger charge is 2.29. The zero-order valence-corrected chi connectivity index (χ0v) is 10.5. The van der Waals surface area contributed by atoms with Gasteiger partial charge in [-0.3, -0.25) is 0 Å². The second-order valence-corrected chi connectivity index (χ2v) is 5.05. The van der Waals surface area contributed by atoms with Crippen molar-refractivity contribution in [3.63, 3.8) is 0 Å². The highest BCUT2D eigenvalue weighted by Crippen LogP contribution is 2.33. The number of rotatable bonds is 2. The summed E-state index contributed by atoms with van der Waals surface area (Å²) in [6.45, 7) is 4.30. The molecule has 2 rings (SSSR count). The number of hydrogen-bond donors (Lipinski definition) is 2. The van der Waals surface area contributed by atoms with Crippen molar-refractivity contribution in [2.24, 2.45) is 17.4 Å². The third-order valence-corrected chi connectivity index (χ3v) is 3.35. The van der Waals surface area contributed by atoms with Gasteiger partial charge in [0.2, 0.25) is 0 Å². The first-order valence-corrected chi connectivity index (χ1v) is 6.05. The van der Waals surface area contributed by atoms with E-state index in [9.17, 15) is 0 Å². The van der Waals surface area contributed by atoms with Gasteiger partial charge in [0.15, 0.2) is 0 Å². The molecule has 0 saturated carbocycles. The second kappa shape index (κ2) is 4.38. The van der Waals surface area contributed by atoms with Crippen LogP contribution in [0.25, 0.3) is 0 Å². The van der Waals surface area contributed by atoms with Crippen LogP contribution in [-0.2, 0) is 5.54 Å². The zero-order valence-electron chi connectivity index (χ0n) is 10.5. The van der Waals surface area contributed by atoms with E-state index < -0.39 is 5.54 Å². The van der Waals surface area contributed by atoms with Gasteiger partial charge in [-0.1, -0.05) is 56.3 Å². The van der Waals surface area contributed by atoms with Gasteiger partial charge in [-0.2, -0.15) is 0 Å². The van der Waals surface area contributed by atoms with E-state index in [1.807, 2.05) is 18.2 Å². The molecule has 1 aliphatic rings. The van der Waals surface area contributed by atoms with Crippen molar-refractivity contribution in [2.45, 2.75) is 25.8 Å². The van der Waals surface area contributed by atoms with Gasteiger partial charge in [0, 0.05) is 12.1 Å². The molecule has 0 spiro atoms. The highest BCUT2D eigenvalue weighted by molar-refractivity contribution is 5.40. The van der Waals surface area contributed by atoms with E-state index in [1.54, 1.807) is 0 Å². The Morgan fingerprint density at radius 1 is 1.18 bits per heavy atom.